The third-order valence-corrected chi connectivity index (χ3v) is 5.25. The van der Waals surface area contributed by atoms with Gasteiger partial charge in [-0.3, -0.25) is 9.89 Å². The summed E-state index contributed by atoms with van der Waals surface area (Å²) in [5, 5.41) is 3.25. The number of thioether (sulfide) groups is 1. The first-order chi connectivity index (χ1) is 14.2. The third kappa shape index (κ3) is 3.32. The van der Waals surface area contributed by atoms with Gasteiger partial charge in [0.2, 0.25) is 5.78 Å². The van der Waals surface area contributed by atoms with E-state index < -0.39 is 5.69 Å². The molecule has 0 bridgehead atoms. The molecule has 2 N–H and O–H groups in total. The van der Waals surface area contributed by atoms with Crippen LogP contribution < -0.4 is 5.69 Å². The molecule has 0 atom stereocenters. The van der Waals surface area contributed by atoms with Gasteiger partial charge in [0.25, 0.3) is 0 Å². The van der Waals surface area contributed by atoms with Crippen molar-refractivity contribution < 1.29 is 4.79 Å². The molecule has 0 aliphatic heterocycles. The predicted octanol–water partition coefficient (Wildman–Crippen LogP) is 2.94. The number of aromatic nitrogens is 6. The molecule has 5 aromatic rings. The minimum Gasteiger partial charge on any atom is -0.335 e. The van der Waals surface area contributed by atoms with E-state index in [4.69, 9.17) is 0 Å². The van der Waals surface area contributed by atoms with Crippen molar-refractivity contribution in [3.63, 3.8) is 0 Å². The van der Waals surface area contributed by atoms with Gasteiger partial charge in [-0.05, 0) is 17.7 Å². The van der Waals surface area contributed by atoms with Crippen LogP contribution in [0.25, 0.3) is 27.9 Å². The van der Waals surface area contributed by atoms with Crippen molar-refractivity contribution >= 4 is 34.2 Å². The topological polar surface area (TPSA) is 109 Å². The Labute approximate surface area is 168 Å². The molecule has 3 heterocycles. The molecular formula is C20H14N6O2S. The van der Waals surface area contributed by atoms with E-state index in [1.807, 2.05) is 54.6 Å². The van der Waals surface area contributed by atoms with Crippen molar-refractivity contribution in [1.82, 2.24) is 29.5 Å². The standard InChI is InChI=1S/C20H14N6O2S/c27-16(18-21-13-8-4-5-9-14(13)22-18)11-29-19-23-17-10-15(12-6-2-1-3-7-12)25-26(17)20(28)24-19/h1-10,25H,11H2,(H,21,22). The number of Topliss-reactive ketones (excluding diaryl/α,β-unsaturated/α-hetero) is 1. The lowest BCUT2D eigenvalue weighted by molar-refractivity contribution is 0.101. The highest BCUT2D eigenvalue weighted by molar-refractivity contribution is 7.99. The van der Waals surface area contributed by atoms with Crippen molar-refractivity contribution in [2.45, 2.75) is 5.16 Å². The van der Waals surface area contributed by atoms with Crippen LogP contribution in [-0.2, 0) is 0 Å². The lowest BCUT2D eigenvalue weighted by Gasteiger charge is -1.98. The van der Waals surface area contributed by atoms with Gasteiger partial charge < -0.3 is 4.98 Å². The van der Waals surface area contributed by atoms with Crippen LogP contribution in [0.2, 0.25) is 0 Å². The van der Waals surface area contributed by atoms with Gasteiger partial charge in [-0.2, -0.15) is 9.50 Å². The first-order valence-corrected chi connectivity index (χ1v) is 9.82. The van der Waals surface area contributed by atoms with Gasteiger partial charge in [0.05, 0.1) is 22.5 Å². The molecule has 0 spiro atoms. The summed E-state index contributed by atoms with van der Waals surface area (Å²) in [4.78, 5) is 40.5. The molecule has 0 aliphatic carbocycles. The SMILES string of the molecule is O=C(CSc1nc(=O)n2[nH]c(-c3ccccc3)cc2n1)c1nc2ccccc2[nH]1. The smallest absolute Gasteiger partial charge is 0.335 e. The first-order valence-electron chi connectivity index (χ1n) is 8.83. The van der Waals surface area contributed by atoms with E-state index in [0.29, 0.717) is 5.65 Å². The van der Waals surface area contributed by atoms with Crippen LogP contribution in [0, 0.1) is 0 Å². The van der Waals surface area contributed by atoms with Gasteiger partial charge in [-0.15, -0.1) is 0 Å². The largest absolute Gasteiger partial charge is 0.370 e. The zero-order valence-electron chi connectivity index (χ0n) is 15.0. The van der Waals surface area contributed by atoms with E-state index in [-0.39, 0.29) is 22.5 Å². The normalized spacial score (nSPS) is 11.3. The number of nitrogens with one attached hydrogen (secondary N) is 2. The lowest BCUT2D eigenvalue weighted by atomic mass is 10.2. The number of aromatic amines is 2. The van der Waals surface area contributed by atoms with Crippen LogP contribution in [0.15, 0.2) is 70.6 Å². The van der Waals surface area contributed by atoms with Gasteiger partial charge in [-0.25, -0.2) is 14.8 Å². The quantitative estimate of drug-likeness (QED) is 0.346. The molecule has 5 rings (SSSR count). The molecule has 0 radical (unpaired) electrons. The Morgan fingerprint density at radius 3 is 2.62 bits per heavy atom. The van der Waals surface area contributed by atoms with Crippen molar-refractivity contribution in [2.75, 3.05) is 5.75 Å². The number of hydrogen-bond donors (Lipinski definition) is 2. The summed E-state index contributed by atoms with van der Waals surface area (Å²) in [6.07, 6.45) is 0. The van der Waals surface area contributed by atoms with E-state index >= 15 is 0 Å². The van der Waals surface area contributed by atoms with Crippen LogP contribution in [0.4, 0.5) is 0 Å². The second kappa shape index (κ2) is 7.02. The first kappa shape index (κ1) is 17.4. The molecule has 3 aromatic heterocycles. The fraction of sp³-hybridized carbons (Fsp3) is 0.0500. The number of nitrogens with zero attached hydrogens (tertiary/aromatic N) is 4. The summed E-state index contributed by atoms with van der Waals surface area (Å²) >= 11 is 1.11. The lowest BCUT2D eigenvalue weighted by Crippen LogP contribution is -2.19. The molecule has 142 valence electrons. The molecule has 0 aliphatic rings. The Kier molecular flexibility index (Phi) is 4.21. The number of imidazole rings is 1. The number of carbonyl (C=O) groups excluding carboxylic acids is 1. The molecule has 9 heteroatoms. The minimum atomic E-state index is -0.476. The highest BCUT2D eigenvalue weighted by Crippen LogP contribution is 2.20. The third-order valence-electron chi connectivity index (χ3n) is 4.40. The molecule has 0 saturated heterocycles. The summed E-state index contributed by atoms with van der Waals surface area (Å²) in [5.74, 6) is 0.171. The number of ketones is 1. The fourth-order valence-electron chi connectivity index (χ4n) is 3.00. The molecule has 29 heavy (non-hydrogen) atoms. The number of fused-ring (bicyclic) bond motifs is 2. The Morgan fingerprint density at radius 1 is 1.00 bits per heavy atom. The van der Waals surface area contributed by atoms with E-state index in [1.54, 1.807) is 6.07 Å². The number of hydrogen-bond acceptors (Lipinski definition) is 6. The van der Waals surface area contributed by atoms with Crippen LogP contribution in [-0.4, -0.2) is 41.1 Å². The number of benzene rings is 2. The molecule has 2 aromatic carbocycles. The van der Waals surface area contributed by atoms with Crippen molar-refractivity contribution in [2.24, 2.45) is 0 Å². The number of carbonyl (C=O) groups is 1. The maximum absolute atomic E-state index is 12.5. The summed E-state index contributed by atoms with van der Waals surface area (Å²) in [6, 6.07) is 18.8. The molecule has 0 saturated carbocycles. The van der Waals surface area contributed by atoms with E-state index in [2.05, 4.69) is 25.0 Å². The number of H-pyrrole nitrogens is 2. The summed E-state index contributed by atoms with van der Waals surface area (Å²) in [7, 11) is 0. The zero-order valence-corrected chi connectivity index (χ0v) is 15.8. The second-order valence-electron chi connectivity index (χ2n) is 6.33. The number of para-hydroxylation sites is 2. The Hall–Kier alpha value is -3.72. The van der Waals surface area contributed by atoms with Gasteiger partial charge in [-0.1, -0.05) is 54.2 Å². The maximum Gasteiger partial charge on any atom is 0.370 e. The minimum absolute atomic E-state index is 0.0748. The highest BCUT2D eigenvalue weighted by Gasteiger charge is 2.14. The second-order valence-corrected chi connectivity index (χ2v) is 7.28. The van der Waals surface area contributed by atoms with E-state index in [1.165, 1.54) is 4.52 Å². The monoisotopic (exact) mass is 402 g/mol. The predicted molar refractivity (Wildman–Crippen MR) is 110 cm³/mol. The molecule has 0 fully saturated rings. The van der Waals surface area contributed by atoms with Crippen molar-refractivity contribution in [1.29, 1.82) is 0 Å². The average molecular weight is 402 g/mol. The molecule has 8 nitrogen and oxygen atoms in total. The maximum atomic E-state index is 12.5. The molecular weight excluding hydrogens is 388 g/mol. The highest BCUT2D eigenvalue weighted by atomic mass is 32.2. The molecule has 0 amide bonds. The summed E-state index contributed by atoms with van der Waals surface area (Å²) in [5.41, 5.74) is 3.21. The Balaban J connectivity index is 1.39. The zero-order chi connectivity index (χ0) is 19.8. The number of rotatable bonds is 5. The van der Waals surface area contributed by atoms with Crippen molar-refractivity contribution in [3.8, 4) is 11.3 Å². The van der Waals surface area contributed by atoms with Crippen LogP contribution in [0.3, 0.4) is 0 Å². The van der Waals surface area contributed by atoms with Crippen LogP contribution in [0.5, 0.6) is 0 Å². The van der Waals surface area contributed by atoms with Gasteiger partial charge in [0.1, 0.15) is 0 Å². The van der Waals surface area contributed by atoms with E-state index in [0.717, 1.165) is 34.1 Å². The Morgan fingerprint density at radius 2 is 1.79 bits per heavy atom. The average Bonchev–Trinajstić information content (AvgIpc) is 3.37. The van der Waals surface area contributed by atoms with Crippen LogP contribution >= 0.6 is 11.8 Å². The van der Waals surface area contributed by atoms with Gasteiger partial charge in [0.15, 0.2) is 16.6 Å². The van der Waals surface area contributed by atoms with Crippen LogP contribution in [0.1, 0.15) is 10.6 Å². The Bertz CT molecular complexity index is 1370. The van der Waals surface area contributed by atoms with E-state index in [9.17, 15) is 9.59 Å². The summed E-state index contributed by atoms with van der Waals surface area (Å²) in [6.45, 7) is 0. The summed E-state index contributed by atoms with van der Waals surface area (Å²) < 4.78 is 1.29. The van der Waals surface area contributed by atoms with Gasteiger partial charge >= 0.3 is 5.69 Å². The van der Waals surface area contributed by atoms with Crippen molar-refractivity contribution in [3.05, 3.63) is 77.0 Å². The molecule has 0 unspecified atom stereocenters. The fourth-order valence-corrected chi connectivity index (χ4v) is 3.70. The van der Waals surface area contributed by atoms with Gasteiger partial charge in [0, 0.05) is 6.07 Å².